The zero-order valence-corrected chi connectivity index (χ0v) is 55.3. The number of hydrogen-bond donors (Lipinski definition) is 0. The number of rotatable bonds is 68. The van der Waals surface area contributed by atoms with Gasteiger partial charge >= 0.3 is 17.9 Å². The Morgan fingerprint density at radius 1 is 0.244 bits per heavy atom. The maximum absolute atomic E-state index is 12.9. The van der Waals surface area contributed by atoms with Crippen LogP contribution in [0.1, 0.15) is 400 Å². The van der Waals surface area contributed by atoms with Crippen LogP contribution in [0.4, 0.5) is 0 Å². The van der Waals surface area contributed by atoms with Crippen LogP contribution < -0.4 is 0 Å². The summed E-state index contributed by atoms with van der Waals surface area (Å²) in [4.78, 5) is 38.4. The summed E-state index contributed by atoms with van der Waals surface area (Å²) in [5.41, 5.74) is 0. The Labute approximate surface area is 511 Å². The van der Waals surface area contributed by atoms with Crippen LogP contribution in [0.2, 0.25) is 0 Å². The molecule has 82 heavy (non-hydrogen) atoms. The van der Waals surface area contributed by atoms with Crippen LogP contribution >= 0.6 is 0 Å². The maximum Gasteiger partial charge on any atom is 0.306 e. The van der Waals surface area contributed by atoms with E-state index in [1.807, 2.05) is 0 Å². The van der Waals surface area contributed by atoms with Crippen LogP contribution in [0.3, 0.4) is 0 Å². The second-order valence-electron chi connectivity index (χ2n) is 24.9. The molecule has 0 aromatic heterocycles. The van der Waals surface area contributed by atoms with Gasteiger partial charge in [-0.05, 0) is 83.5 Å². The van der Waals surface area contributed by atoms with E-state index in [-0.39, 0.29) is 31.1 Å². The fraction of sp³-hybridized carbons (Fsp3) is 0.855. The number of carbonyl (C=O) groups excluding carboxylic acids is 3. The molecule has 1 atom stereocenters. The number of carbonyl (C=O) groups is 3. The third-order valence-electron chi connectivity index (χ3n) is 16.6. The number of unbranched alkanes of at least 4 members (excludes halogenated alkanes) is 49. The number of hydrogen-bond acceptors (Lipinski definition) is 6. The van der Waals surface area contributed by atoms with E-state index in [9.17, 15) is 14.4 Å². The van der Waals surface area contributed by atoms with Crippen molar-refractivity contribution in [2.75, 3.05) is 13.2 Å². The fourth-order valence-electron chi connectivity index (χ4n) is 11.0. The van der Waals surface area contributed by atoms with Gasteiger partial charge in [-0.15, -0.1) is 0 Å². The molecule has 0 N–H and O–H groups in total. The average molecular weight is 1150 g/mol. The monoisotopic (exact) mass is 1150 g/mol. The molecule has 0 bridgehead atoms. The van der Waals surface area contributed by atoms with Crippen LogP contribution in [0.25, 0.3) is 0 Å². The average Bonchev–Trinajstić information content (AvgIpc) is 3.47. The van der Waals surface area contributed by atoms with Gasteiger partial charge < -0.3 is 14.2 Å². The lowest BCUT2D eigenvalue weighted by atomic mass is 10.0. The predicted molar refractivity (Wildman–Crippen MR) is 358 cm³/mol. The van der Waals surface area contributed by atoms with Crippen molar-refractivity contribution >= 4 is 17.9 Å². The van der Waals surface area contributed by atoms with Crippen LogP contribution in [0, 0.1) is 0 Å². The minimum Gasteiger partial charge on any atom is -0.462 e. The quantitative estimate of drug-likeness (QED) is 0.0261. The Hall–Kier alpha value is -2.63. The summed E-state index contributed by atoms with van der Waals surface area (Å²) in [6.45, 7) is 6.63. The summed E-state index contributed by atoms with van der Waals surface area (Å²) in [6.07, 6.45) is 90.3. The highest BCUT2D eigenvalue weighted by molar-refractivity contribution is 5.71. The minimum atomic E-state index is -0.783. The lowest BCUT2D eigenvalue weighted by Crippen LogP contribution is -2.30. The first-order valence-corrected chi connectivity index (χ1v) is 36.6. The number of ether oxygens (including phenoxy) is 3. The molecular formula is C76H140O6. The van der Waals surface area contributed by atoms with Gasteiger partial charge in [-0.3, -0.25) is 14.4 Å². The number of esters is 3. The molecule has 6 nitrogen and oxygen atoms in total. The van der Waals surface area contributed by atoms with Gasteiger partial charge in [-0.1, -0.05) is 345 Å². The van der Waals surface area contributed by atoms with Gasteiger partial charge in [0.15, 0.2) is 6.10 Å². The van der Waals surface area contributed by atoms with Crippen LogP contribution in [0.5, 0.6) is 0 Å². The Kier molecular flexibility index (Phi) is 68.6. The molecule has 0 radical (unpaired) electrons. The molecule has 0 amide bonds. The third-order valence-corrected chi connectivity index (χ3v) is 16.6. The summed E-state index contributed by atoms with van der Waals surface area (Å²) < 4.78 is 17.0. The molecule has 0 aromatic carbocycles. The Morgan fingerprint density at radius 3 is 0.720 bits per heavy atom. The molecule has 0 fully saturated rings. The molecular weight excluding hydrogens is 1010 g/mol. The van der Waals surface area contributed by atoms with Gasteiger partial charge in [0.2, 0.25) is 0 Å². The molecule has 0 saturated carbocycles. The lowest BCUT2D eigenvalue weighted by Gasteiger charge is -2.18. The van der Waals surface area contributed by atoms with E-state index in [1.165, 1.54) is 270 Å². The SMILES string of the molecule is CCCCC/C=C\C/C=C\C/C=C\CCCCCCCCC(=O)OC(COC(=O)CCCCCCC/C=C\CCCCC)COC(=O)CCCCCCCCCCCCCCCCCCCCCCCCCCCCCCCCCCC. The highest BCUT2D eigenvalue weighted by atomic mass is 16.6. The van der Waals surface area contributed by atoms with E-state index in [4.69, 9.17) is 14.2 Å². The van der Waals surface area contributed by atoms with E-state index in [1.54, 1.807) is 0 Å². The van der Waals surface area contributed by atoms with Gasteiger partial charge in [0, 0.05) is 19.3 Å². The normalized spacial score (nSPS) is 12.3. The first-order chi connectivity index (χ1) is 40.5. The molecule has 480 valence electrons. The van der Waals surface area contributed by atoms with E-state index < -0.39 is 6.10 Å². The molecule has 0 saturated heterocycles. The van der Waals surface area contributed by atoms with Gasteiger partial charge in [0.25, 0.3) is 0 Å². The van der Waals surface area contributed by atoms with Crippen LogP contribution in [-0.2, 0) is 28.6 Å². The van der Waals surface area contributed by atoms with Gasteiger partial charge in [-0.25, -0.2) is 0 Å². The summed E-state index contributed by atoms with van der Waals surface area (Å²) in [6, 6.07) is 0. The lowest BCUT2D eigenvalue weighted by molar-refractivity contribution is -0.167. The topological polar surface area (TPSA) is 78.9 Å². The largest absolute Gasteiger partial charge is 0.462 e. The van der Waals surface area contributed by atoms with Crippen molar-refractivity contribution < 1.29 is 28.6 Å². The zero-order chi connectivity index (χ0) is 59.2. The molecule has 0 heterocycles. The highest BCUT2D eigenvalue weighted by Gasteiger charge is 2.19. The third kappa shape index (κ3) is 68.2. The Balaban J connectivity index is 4.11. The minimum absolute atomic E-state index is 0.0776. The van der Waals surface area contributed by atoms with Crippen LogP contribution in [0.15, 0.2) is 48.6 Å². The molecule has 0 aliphatic heterocycles. The van der Waals surface area contributed by atoms with Crippen molar-refractivity contribution in [1.82, 2.24) is 0 Å². The highest BCUT2D eigenvalue weighted by Crippen LogP contribution is 2.19. The molecule has 0 aliphatic carbocycles. The smallest absolute Gasteiger partial charge is 0.306 e. The van der Waals surface area contributed by atoms with E-state index in [0.29, 0.717) is 19.3 Å². The first kappa shape index (κ1) is 79.4. The first-order valence-electron chi connectivity index (χ1n) is 36.6. The van der Waals surface area contributed by atoms with Crippen molar-refractivity contribution in [2.24, 2.45) is 0 Å². The summed E-state index contributed by atoms with van der Waals surface area (Å²) in [5, 5.41) is 0. The summed E-state index contributed by atoms with van der Waals surface area (Å²) >= 11 is 0. The van der Waals surface area contributed by atoms with Crippen molar-refractivity contribution in [1.29, 1.82) is 0 Å². The molecule has 0 aromatic rings. The van der Waals surface area contributed by atoms with Gasteiger partial charge in [0.1, 0.15) is 13.2 Å². The molecule has 6 heteroatoms. The van der Waals surface area contributed by atoms with E-state index >= 15 is 0 Å². The predicted octanol–water partition coefficient (Wildman–Crippen LogP) is 25.3. The summed E-state index contributed by atoms with van der Waals surface area (Å²) in [7, 11) is 0. The Morgan fingerprint density at radius 2 is 0.439 bits per heavy atom. The summed E-state index contributed by atoms with van der Waals surface area (Å²) in [5.74, 6) is -0.877. The number of allylic oxidation sites excluding steroid dienone is 8. The molecule has 0 spiro atoms. The second kappa shape index (κ2) is 70.9. The maximum atomic E-state index is 12.9. The van der Waals surface area contributed by atoms with Crippen molar-refractivity contribution in [2.45, 2.75) is 406 Å². The van der Waals surface area contributed by atoms with Gasteiger partial charge in [0.05, 0.1) is 0 Å². The van der Waals surface area contributed by atoms with E-state index in [0.717, 1.165) is 89.9 Å². The zero-order valence-electron chi connectivity index (χ0n) is 55.3. The second-order valence-corrected chi connectivity index (χ2v) is 24.9. The molecule has 1 unspecified atom stereocenters. The molecule has 0 aliphatic rings. The molecule has 0 rings (SSSR count). The Bertz CT molecular complexity index is 1410. The van der Waals surface area contributed by atoms with Crippen molar-refractivity contribution in [3.63, 3.8) is 0 Å². The van der Waals surface area contributed by atoms with Crippen molar-refractivity contribution in [3.05, 3.63) is 48.6 Å². The van der Waals surface area contributed by atoms with Crippen molar-refractivity contribution in [3.8, 4) is 0 Å². The van der Waals surface area contributed by atoms with Crippen LogP contribution in [-0.4, -0.2) is 37.2 Å². The van der Waals surface area contributed by atoms with E-state index in [2.05, 4.69) is 69.4 Å². The standard InChI is InChI=1S/C76H140O6/c1-4-7-10-13-16-19-22-25-27-29-31-32-33-34-35-36-37-38-39-40-41-42-43-44-46-47-49-51-54-57-60-63-66-69-75(78)81-72-73(71-80-74(77)68-65-62-59-56-53-24-21-18-15-12-9-6-3)82-76(79)70-67-64-61-58-55-52-50-48-45-30-28-26-23-20-17-14-11-8-5-2/h17-18,20-21,26,28,45,48,73H,4-16,19,22-25,27,29-44,46-47,49-72H2,1-3H3/b20-17-,21-18-,28-26-,48-45-. The van der Waals surface area contributed by atoms with Gasteiger partial charge in [-0.2, -0.15) is 0 Å². The fourth-order valence-corrected chi connectivity index (χ4v) is 11.0.